The van der Waals surface area contributed by atoms with Crippen molar-refractivity contribution >= 4 is 5.97 Å². The summed E-state index contributed by atoms with van der Waals surface area (Å²) < 4.78 is 43.2. The molecule has 0 radical (unpaired) electrons. The van der Waals surface area contributed by atoms with E-state index >= 15 is 0 Å². The molecule has 1 fully saturated rings. The highest BCUT2D eigenvalue weighted by Crippen LogP contribution is 2.30. The van der Waals surface area contributed by atoms with E-state index in [1.165, 1.54) is 12.1 Å². The van der Waals surface area contributed by atoms with Crippen molar-refractivity contribution in [2.75, 3.05) is 26.3 Å². The lowest BCUT2D eigenvalue weighted by molar-refractivity contribution is -0.145. The number of carbonyl (C=O) groups is 1. The maximum absolute atomic E-state index is 12.7. The largest absolute Gasteiger partial charge is 0.480 e. The normalized spacial score (nSPS) is 18.4. The van der Waals surface area contributed by atoms with Crippen LogP contribution < -0.4 is 0 Å². The summed E-state index contributed by atoms with van der Waals surface area (Å²) in [5, 5.41) is 9.31. The molecule has 1 aromatic carbocycles. The molecule has 1 heterocycles. The molecule has 0 saturated carbocycles. The van der Waals surface area contributed by atoms with Gasteiger partial charge in [-0.15, -0.1) is 0 Å². The van der Waals surface area contributed by atoms with Crippen molar-refractivity contribution in [1.29, 1.82) is 0 Å². The molecule has 1 unspecified atom stereocenters. The number of nitrogens with zero attached hydrogens (tertiary/aromatic N) is 1. The predicted octanol–water partition coefficient (Wildman–Crippen LogP) is 2.03. The summed E-state index contributed by atoms with van der Waals surface area (Å²) in [6, 6.07) is 3.98. The van der Waals surface area contributed by atoms with Crippen molar-refractivity contribution in [3.63, 3.8) is 0 Å². The van der Waals surface area contributed by atoms with E-state index in [1.54, 1.807) is 4.90 Å². The molecule has 4 nitrogen and oxygen atoms in total. The fourth-order valence-electron chi connectivity index (χ4n) is 2.36. The van der Waals surface area contributed by atoms with Crippen LogP contribution in [0.5, 0.6) is 0 Å². The van der Waals surface area contributed by atoms with Gasteiger partial charge in [-0.2, -0.15) is 13.2 Å². The second-order valence-electron chi connectivity index (χ2n) is 4.90. The fraction of sp³-hybridized carbons (Fsp3) is 0.500. The summed E-state index contributed by atoms with van der Waals surface area (Å²) >= 11 is 0. The predicted molar refractivity (Wildman–Crippen MR) is 69.0 cm³/mol. The van der Waals surface area contributed by atoms with Crippen LogP contribution in [-0.2, 0) is 22.1 Å². The van der Waals surface area contributed by atoms with Crippen LogP contribution in [0, 0.1) is 0 Å². The number of hydrogen-bond donors (Lipinski definition) is 1. The number of morpholine rings is 1. The Balaban J connectivity index is 2.15. The zero-order valence-electron chi connectivity index (χ0n) is 11.3. The maximum atomic E-state index is 12.7. The molecule has 116 valence electrons. The van der Waals surface area contributed by atoms with Crippen molar-refractivity contribution in [3.05, 3.63) is 35.4 Å². The highest BCUT2D eigenvalue weighted by Gasteiger charge is 2.32. The lowest BCUT2D eigenvalue weighted by atomic mass is 10.0. The van der Waals surface area contributed by atoms with Gasteiger partial charge in [0.1, 0.15) is 6.04 Å². The minimum Gasteiger partial charge on any atom is -0.480 e. The number of ether oxygens (including phenoxy) is 1. The molecule has 2 rings (SSSR count). The number of rotatable bonds is 4. The van der Waals surface area contributed by atoms with Gasteiger partial charge >= 0.3 is 12.1 Å². The van der Waals surface area contributed by atoms with Crippen LogP contribution in [0.1, 0.15) is 11.1 Å². The number of alkyl halides is 3. The number of aliphatic carboxylic acids is 1. The first kappa shape index (κ1) is 15.8. The average Bonchev–Trinajstić information content (AvgIpc) is 2.45. The van der Waals surface area contributed by atoms with Crippen LogP contribution in [0.15, 0.2) is 24.3 Å². The smallest absolute Gasteiger partial charge is 0.416 e. The van der Waals surface area contributed by atoms with E-state index in [-0.39, 0.29) is 6.42 Å². The summed E-state index contributed by atoms with van der Waals surface area (Å²) in [6.07, 6.45) is -4.38. The van der Waals surface area contributed by atoms with Gasteiger partial charge in [0.15, 0.2) is 0 Å². The Kier molecular flexibility index (Phi) is 4.84. The summed E-state index contributed by atoms with van der Waals surface area (Å²) in [5.41, 5.74) is -0.394. The van der Waals surface area contributed by atoms with Crippen LogP contribution in [0.3, 0.4) is 0 Å². The van der Waals surface area contributed by atoms with Gasteiger partial charge in [0.25, 0.3) is 0 Å². The Morgan fingerprint density at radius 3 is 2.57 bits per heavy atom. The molecule has 1 N–H and O–H groups in total. The van der Waals surface area contributed by atoms with E-state index < -0.39 is 23.8 Å². The van der Waals surface area contributed by atoms with Crippen LogP contribution in [0.4, 0.5) is 13.2 Å². The van der Waals surface area contributed by atoms with E-state index in [1.807, 2.05) is 0 Å². The first-order chi connectivity index (χ1) is 9.88. The molecule has 0 aromatic heterocycles. The van der Waals surface area contributed by atoms with Crippen molar-refractivity contribution in [2.45, 2.75) is 18.6 Å². The molecule has 0 spiro atoms. The van der Waals surface area contributed by atoms with Gasteiger partial charge in [0.05, 0.1) is 18.8 Å². The second-order valence-corrected chi connectivity index (χ2v) is 4.90. The summed E-state index contributed by atoms with van der Waals surface area (Å²) in [4.78, 5) is 13.1. The molecule has 1 saturated heterocycles. The minimum absolute atomic E-state index is 0.0409. The third-order valence-corrected chi connectivity index (χ3v) is 3.45. The van der Waals surface area contributed by atoms with Gasteiger partial charge < -0.3 is 9.84 Å². The third-order valence-electron chi connectivity index (χ3n) is 3.45. The summed E-state index contributed by atoms with van der Waals surface area (Å²) in [6.45, 7) is 1.81. The van der Waals surface area contributed by atoms with Crippen LogP contribution >= 0.6 is 0 Å². The van der Waals surface area contributed by atoms with E-state index in [2.05, 4.69) is 0 Å². The zero-order chi connectivity index (χ0) is 15.5. The average molecular weight is 303 g/mol. The van der Waals surface area contributed by atoms with E-state index in [0.717, 1.165) is 12.1 Å². The number of carboxylic acid groups (broad SMARTS) is 1. The van der Waals surface area contributed by atoms with E-state index in [9.17, 15) is 23.1 Å². The SMILES string of the molecule is O=C(O)C(Cc1cccc(C(F)(F)F)c1)N1CCOCC1. The number of carboxylic acids is 1. The van der Waals surface area contributed by atoms with Gasteiger partial charge in [-0.1, -0.05) is 18.2 Å². The number of halogens is 3. The van der Waals surface area contributed by atoms with Crippen molar-refractivity contribution in [1.82, 2.24) is 4.90 Å². The lowest BCUT2D eigenvalue weighted by Crippen LogP contribution is -2.48. The molecule has 1 aromatic rings. The molecule has 7 heteroatoms. The molecule has 0 amide bonds. The van der Waals surface area contributed by atoms with Crippen molar-refractivity contribution < 1.29 is 27.8 Å². The molecule has 21 heavy (non-hydrogen) atoms. The molecule has 0 bridgehead atoms. The maximum Gasteiger partial charge on any atom is 0.416 e. The van der Waals surface area contributed by atoms with Crippen LogP contribution in [0.2, 0.25) is 0 Å². The fourth-order valence-corrected chi connectivity index (χ4v) is 2.36. The van der Waals surface area contributed by atoms with Crippen molar-refractivity contribution in [3.8, 4) is 0 Å². The van der Waals surface area contributed by atoms with Crippen LogP contribution in [-0.4, -0.2) is 48.3 Å². The van der Waals surface area contributed by atoms with Gasteiger partial charge in [0, 0.05) is 13.1 Å². The molecule has 1 aliphatic rings. The third kappa shape index (κ3) is 4.18. The molecule has 0 aliphatic carbocycles. The second kappa shape index (κ2) is 6.44. The first-order valence-electron chi connectivity index (χ1n) is 6.58. The van der Waals surface area contributed by atoms with Crippen molar-refractivity contribution in [2.24, 2.45) is 0 Å². The number of hydrogen-bond acceptors (Lipinski definition) is 3. The monoisotopic (exact) mass is 303 g/mol. The highest BCUT2D eigenvalue weighted by molar-refractivity contribution is 5.74. The number of benzene rings is 1. The van der Waals surface area contributed by atoms with E-state index in [0.29, 0.717) is 31.9 Å². The molecular weight excluding hydrogens is 287 g/mol. The standard InChI is InChI=1S/C14H16F3NO3/c15-14(16,17)11-3-1-2-10(8-11)9-12(13(19)20)18-4-6-21-7-5-18/h1-3,8,12H,4-7,9H2,(H,19,20). The Hall–Kier alpha value is -1.60. The first-order valence-corrected chi connectivity index (χ1v) is 6.58. The Morgan fingerprint density at radius 2 is 2.00 bits per heavy atom. The Morgan fingerprint density at radius 1 is 1.33 bits per heavy atom. The van der Waals surface area contributed by atoms with Gasteiger partial charge in [-0.25, -0.2) is 0 Å². The van der Waals surface area contributed by atoms with Crippen LogP contribution in [0.25, 0.3) is 0 Å². The van der Waals surface area contributed by atoms with E-state index in [4.69, 9.17) is 4.74 Å². The zero-order valence-corrected chi connectivity index (χ0v) is 11.3. The quantitative estimate of drug-likeness (QED) is 0.925. The van der Waals surface area contributed by atoms with Gasteiger partial charge in [-0.3, -0.25) is 9.69 Å². The minimum atomic E-state index is -4.42. The highest BCUT2D eigenvalue weighted by atomic mass is 19.4. The van der Waals surface area contributed by atoms with Gasteiger partial charge in [0.2, 0.25) is 0 Å². The topological polar surface area (TPSA) is 49.8 Å². The van der Waals surface area contributed by atoms with Gasteiger partial charge in [-0.05, 0) is 18.1 Å². The molecular formula is C14H16F3NO3. The molecule has 1 aliphatic heterocycles. The summed E-state index contributed by atoms with van der Waals surface area (Å²) in [7, 11) is 0. The lowest BCUT2D eigenvalue weighted by Gasteiger charge is -2.32. The Bertz CT molecular complexity index is 498. The molecule has 1 atom stereocenters. The Labute approximate surface area is 120 Å². The summed E-state index contributed by atoms with van der Waals surface area (Å²) in [5.74, 6) is -1.03.